The summed E-state index contributed by atoms with van der Waals surface area (Å²) in [6.45, 7) is 4.62. The molecule has 1 amide bonds. The largest absolute Gasteiger partial charge is 0.325 e. The van der Waals surface area contributed by atoms with Gasteiger partial charge in [-0.1, -0.05) is 18.9 Å². The molecule has 19 heavy (non-hydrogen) atoms. The van der Waals surface area contributed by atoms with Crippen molar-refractivity contribution < 1.29 is 4.79 Å². The third-order valence-electron chi connectivity index (χ3n) is 5.39. The molecule has 2 N–H and O–H groups in total. The lowest BCUT2D eigenvalue weighted by Crippen LogP contribution is -2.53. The van der Waals surface area contributed by atoms with Crippen LogP contribution in [-0.4, -0.2) is 29.4 Å². The van der Waals surface area contributed by atoms with Crippen LogP contribution in [0.15, 0.2) is 12.7 Å². The van der Waals surface area contributed by atoms with Gasteiger partial charge < -0.3 is 10.6 Å². The van der Waals surface area contributed by atoms with E-state index in [4.69, 9.17) is 5.73 Å². The molecule has 0 bridgehead atoms. The summed E-state index contributed by atoms with van der Waals surface area (Å²) in [6.07, 6.45) is 7.09. The first kappa shape index (κ1) is 12.7. The summed E-state index contributed by atoms with van der Waals surface area (Å²) in [5.74, 6) is 0.911. The van der Waals surface area contributed by atoms with Crippen LogP contribution in [0, 0.1) is 28.6 Å². The monoisotopic (exact) mass is 259 g/mol. The van der Waals surface area contributed by atoms with Gasteiger partial charge in [0.05, 0.1) is 12.1 Å². The first-order chi connectivity index (χ1) is 9.13. The van der Waals surface area contributed by atoms with Gasteiger partial charge >= 0.3 is 0 Å². The number of fused-ring (bicyclic) bond motifs is 1. The highest BCUT2D eigenvalue weighted by Crippen LogP contribution is 2.50. The van der Waals surface area contributed by atoms with Gasteiger partial charge in [-0.25, -0.2) is 0 Å². The van der Waals surface area contributed by atoms with E-state index in [1.165, 1.54) is 0 Å². The number of rotatable bonds is 3. The van der Waals surface area contributed by atoms with E-state index in [2.05, 4.69) is 12.6 Å². The maximum absolute atomic E-state index is 12.6. The van der Waals surface area contributed by atoms with Gasteiger partial charge in [-0.3, -0.25) is 4.79 Å². The van der Waals surface area contributed by atoms with Gasteiger partial charge in [0.2, 0.25) is 5.91 Å². The minimum atomic E-state index is -0.527. The molecule has 4 nitrogen and oxygen atoms in total. The summed E-state index contributed by atoms with van der Waals surface area (Å²) in [7, 11) is 0. The number of hydrogen-bond donors (Lipinski definition) is 1. The average Bonchev–Trinajstić information content (AvgIpc) is 2.92. The van der Waals surface area contributed by atoms with E-state index in [1.807, 2.05) is 6.08 Å². The number of carbonyl (C=O) groups excluding carboxylic acids is 1. The summed E-state index contributed by atoms with van der Waals surface area (Å²) in [5, 5.41) is 9.25. The molecule has 0 aromatic carbocycles. The second-order valence-corrected chi connectivity index (χ2v) is 6.35. The Balaban J connectivity index is 1.77. The Kier molecular flexibility index (Phi) is 2.90. The SMILES string of the molecule is C=CC1([C@H](N)C(=O)N2CC3CC3C2C#N)CCCC1. The van der Waals surface area contributed by atoms with Crippen molar-refractivity contribution >= 4 is 5.91 Å². The Hall–Kier alpha value is -1.34. The Labute approximate surface area is 114 Å². The molecule has 3 unspecified atom stereocenters. The molecule has 4 heteroatoms. The van der Waals surface area contributed by atoms with Crippen molar-refractivity contribution in [2.24, 2.45) is 23.0 Å². The normalized spacial score (nSPS) is 36.4. The van der Waals surface area contributed by atoms with Crippen LogP contribution in [-0.2, 0) is 4.79 Å². The van der Waals surface area contributed by atoms with Gasteiger partial charge in [0.15, 0.2) is 0 Å². The van der Waals surface area contributed by atoms with E-state index in [1.54, 1.807) is 4.90 Å². The molecule has 0 radical (unpaired) electrons. The minimum absolute atomic E-state index is 0.0412. The minimum Gasteiger partial charge on any atom is -0.325 e. The fourth-order valence-corrected chi connectivity index (χ4v) is 3.96. The fourth-order valence-electron chi connectivity index (χ4n) is 3.96. The van der Waals surface area contributed by atoms with Crippen LogP contribution in [0.3, 0.4) is 0 Å². The first-order valence-electron chi connectivity index (χ1n) is 7.22. The predicted molar refractivity (Wildman–Crippen MR) is 71.8 cm³/mol. The number of piperidine rings is 1. The molecule has 1 saturated heterocycles. The molecular weight excluding hydrogens is 238 g/mol. The molecule has 3 fully saturated rings. The van der Waals surface area contributed by atoms with Gasteiger partial charge in [0, 0.05) is 12.0 Å². The number of carbonyl (C=O) groups is 1. The molecule has 102 valence electrons. The third kappa shape index (κ3) is 1.80. The van der Waals surface area contributed by atoms with E-state index in [0.29, 0.717) is 11.8 Å². The van der Waals surface area contributed by atoms with E-state index in [0.717, 1.165) is 38.6 Å². The molecule has 0 spiro atoms. The number of amides is 1. The van der Waals surface area contributed by atoms with Gasteiger partial charge in [0.1, 0.15) is 6.04 Å². The summed E-state index contributed by atoms with van der Waals surface area (Å²) in [5.41, 5.74) is 6.01. The third-order valence-corrected chi connectivity index (χ3v) is 5.39. The molecule has 4 atom stereocenters. The maximum Gasteiger partial charge on any atom is 0.241 e. The molecule has 1 heterocycles. The van der Waals surface area contributed by atoms with E-state index in [9.17, 15) is 10.1 Å². The molecule has 1 aliphatic heterocycles. The molecule has 3 aliphatic rings. The Morgan fingerprint density at radius 2 is 2.21 bits per heavy atom. The van der Waals surface area contributed by atoms with Crippen molar-refractivity contribution in [3.63, 3.8) is 0 Å². The number of nitrogens with two attached hydrogens (primary N) is 1. The maximum atomic E-state index is 12.6. The molecular formula is C15H21N3O. The van der Waals surface area contributed by atoms with Crippen LogP contribution in [0.4, 0.5) is 0 Å². The standard InChI is InChI=1S/C15H21N3O/c1-2-15(5-3-4-6-15)13(17)14(19)18-9-10-7-11(10)12(18)8-16/h2,10-13H,1,3-7,9,17H2/t10?,11?,12?,13-/m1/s1. The van der Waals surface area contributed by atoms with Crippen LogP contribution in [0.1, 0.15) is 32.1 Å². The van der Waals surface area contributed by atoms with Crippen LogP contribution in [0.5, 0.6) is 0 Å². The summed E-state index contributed by atoms with van der Waals surface area (Å²) < 4.78 is 0. The quantitative estimate of drug-likeness (QED) is 0.779. The zero-order valence-corrected chi connectivity index (χ0v) is 11.2. The lowest BCUT2D eigenvalue weighted by atomic mass is 9.78. The molecule has 2 aliphatic carbocycles. The highest BCUT2D eigenvalue weighted by molar-refractivity contribution is 5.84. The van der Waals surface area contributed by atoms with Crippen molar-refractivity contribution in [2.75, 3.05) is 6.54 Å². The van der Waals surface area contributed by atoms with Crippen LogP contribution in [0.25, 0.3) is 0 Å². The smallest absolute Gasteiger partial charge is 0.241 e. The molecule has 2 saturated carbocycles. The Bertz CT molecular complexity index is 447. The second-order valence-electron chi connectivity index (χ2n) is 6.35. The van der Waals surface area contributed by atoms with Gasteiger partial charge in [-0.15, -0.1) is 6.58 Å². The van der Waals surface area contributed by atoms with Gasteiger partial charge in [-0.05, 0) is 31.1 Å². The molecule has 3 rings (SSSR count). The molecule has 0 aromatic rings. The number of nitriles is 1. The predicted octanol–water partition coefficient (Wildman–Crippen LogP) is 1.43. The summed E-state index contributed by atoms with van der Waals surface area (Å²) in [6, 6.07) is 1.52. The first-order valence-corrected chi connectivity index (χ1v) is 7.22. The number of hydrogen-bond acceptors (Lipinski definition) is 3. The summed E-state index contributed by atoms with van der Waals surface area (Å²) in [4.78, 5) is 14.4. The lowest BCUT2D eigenvalue weighted by molar-refractivity contribution is -0.135. The van der Waals surface area contributed by atoms with Crippen molar-refractivity contribution in [3.8, 4) is 6.07 Å². The average molecular weight is 259 g/mol. The zero-order valence-electron chi connectivity index (χ0n) is 11.2. The van der Waals surface area contributed by atoms with Crippen molar-refractivity contribution in [1.82, 2.24) is 4.90 Å². The van der Waals surface area contributed by atoms with E-state index >= 15 is 0 Å². The second kappa shape index (κ2) is 4.35. The number of likely N-dealkylation sites (tertiary alicyclic amines) is 1. The Morgan fingerprint density at radius 1 is 1.53 bits per heavy atom. The van der Waals surface area contributed by atoms with E-state index in [-0.39, 0.29) is 17.4 Å². The van der Waals surface area contributed by atoms with Crippen molar-refractivity contribution in [2.45, 2.75) is 44.2 Å². The molecule has 0 aromatic heterocycles. The van der Waals surface area contributed by atoms with E-state index < -0.39 is 6.04 Å². The highest BCUT2D eigenvalue weighted by atomic mass is 16.2. The lowest BCUT2D eigenvalue weighted by Gasteiger charge is -2.35. The van der Waals surface area contributed by atoms with Crippen LogP contribution in [0.2, 0.25) is 0 Å². The Morgan fingerprint density at radius 3 is 2.79 bits per heavy atom. The van der Waals surface area contributed by atoms with Gasteiger partial charge in [0.25, 0.3) is 0 Å². The highest BCUT2D eigenvalue weighted by Gasteiger charge is 2.56. The van der Waals surface area contributed by atoms with Crippen molar-refractivity contribution in [3.05, 3.63) is 12.7 Å². The van der Waals surface area contributed by atoms with Crippen LogP contribution >= 0.6 is 0 Å². The summed E-state index contributed by atoms with van der Waals surface area (Å²) >= 11 is 0. The topological polar surface area (TPSA) is 70.1 Å². The van der Waals surface area contributed by atoms with Gasteiger partial charge in [-0.2, -0.15) is 5.26 Å². The number of nitrogens with zero attached hydrogens (tertiary/aromatic N) is 2. The zero-order chi connectivity index (χ0) is 13.6. The van der Waals surface area contributed by atoms with Crippen molar-refractivity contribution in [1.29, 1.82) is 5.26 Å². The fraction of sp³-hybridized carbons (Fsp3) is 0.733. The van der Waals surface area contributed by atoms with Crippen LogP contribution < -0.4 is 5.73 Å².